The van der Waals surface area contributed by atoms with Gasteiger partial charge in [0.05, 0.1) is 0 Å². The van der Waals surface area contributed by atoms with Crippen LogP contribution < -0.4 is 0 Å². The summed E-state index contributed by atoms with van der Waals surface area (Å²) in [5.74, 6) is 0.102. The minimum absolute atomic E-state index is 0.0348. The minimum atomic E-state index is -0.0642. The van der Waals surface area contributed by atoms with Crippen LogP contribution in [0.1, 0.15) is 36.7 Å². The lowest BCUT2D eigenvalue weighted by Crippen LogP contribution is -2.47. The Morgan fingerprint density at radius 1 is 0.741 bits per heavy atom. The molecule has 132 valence electrons. The van der Waals surface area contributed by atoms with Crippen LogP contribution in [0, 0.1) is 10.8 Å². The zero-order valence-electron chi connectivity index (χ0n) is 15.9. The van der Waals surface area contributed by atoms with E-state index in [1.165, 1.54) is 27.9 Å². The zero-order chi connectivity index (χ0) is 18.8. The van der Waals surface area contributed by atoms with Crippen molar-refractivity contribution in [1.29, 1.82) is 0 Å². The average Bonchev–Trinajstić information content (AvgIpc) is 2.66. The Morgan fingerprint density at radius 3 is 2.11 bits per heavy atom. The molecule has 0 saturated heterocycles. The first kappa shape index (κ1) is 16.3. The van der Waals surface area contributed by atoms with Crippen molar-refractivity contribution < 1.29 is 4.79 Å². The highest BCUT2D eigenvalue weighted by atomic mass is 16.1. The molecule has 1 aromatic carbocycles. The Labute approximate surface area is 160 Å². The van der Waals surface area contributed by atoms with E-state index < -0.39 is 0 Å². The second-order valence-corrected chi connectivity index (χ2v) is 8.14. The molecule has 0 heterocycles. The third kappa shape index (κ3) is 1.97. The highest BCUT2D eigenvalue weighted by Crippen LogP contribution is 2.65. The third-order valence-electron chi connectivity index (χ3n) is 6.99. The van der Waals surface area contributed by atoms with Crippen LogP contribution in [0.15, 0.2) is 101 Å². The Hall–Kier alpha value is -2.93. The molecule has 2 unspecified atom stereocenters. The number of benzene rings is 1. The number of hydrogen-bond acceptors (Lipinski definition) is 1. The molecule has 0 radical (unpaired) electrons. The number of carbonyl (C=O) groups is 1. The van der Waals surface area contributed by atoms with Crippen LogP contribution in [0.4, 0.5) is 0 Å². The highest BCUT2D eigenvalue weighted by molar-refractivity contribution is 5.94. The molecule has 0 aliphatic heterocycles. The highest BCUT2D eigenvalue weighted by Gasteiger charge is 2.55. The van der Waals surface area contributed by atoms with E-state index in [-0.39, 0.29) is 16.6 Å². The molecule has 0 saturated carbocycles. The first-order chi connectivity index (χ1) is 12.9. The van der Waals surface area contributed by atoms with Crippen LogP contribution >= 0.6 is 0 Å². The molecule has 1 heteroatoms. The molecule has 1 nitrogen and oxygen atoms in total. The first-order valence-electron chi connectivity index (χ1n) is 9.50. The molecular formula is C26H22O. The van der Waals surface area contributed by atoms with Crippen molar-refractivity contribution in [3.05, 3.63) is 112 Å². The van der Waals surface area contributed by atoms with E-state index in [9.17, 15) is 4.79 Å². The average molecular weight is 350 g/mol. The molecule has 0 amide bonds. The van der Waals surface area contributed by atoms with Gasteiger partial charge in [-0.1, -0.05) is 92.8 Å². The van der Waals surface area contributed by atoms with Gasteiger partial charge in [-0.2, -0.15) is 0 Å². The van der Waals surface area contributed by atoms with Crippen molar-refractivity contribution >= 4 is 11.4 Å². The molecule has 4 aliphatic carbocycles. The normalized spacial score (nSPS) is 29.8. The van der Waals surface area contributed by atoms with Gasteiger partial charge in [-0.25, -0.2) is 0 Å². The van der Waals surface area contributed by atoms with Gasteiger partial charge in [-0.05, 0) is 40.4 Å². The molecule has 1 aromatic rings. The third-order valence-corrected chi connectivity index (χ3v) is 6.99. The van der Waals surface area contributed by atoms with Gasteiger partial charge in [0, 0.05) is 16.4 Å². The summed E-state index contributed by atoms with van der Waals surface area (Å²) in [6.07, 6.45) is 20.4. The fraction of sp³-hybridized carbons (Fsp3) is 0.192. The van der Waals surface area contributed by atoms with Gasteiger partial charge in [0.25, 0.3) is 0 Å². The van der Waals surface area contributed by atoms with E-state index >= 15 is 0 Å². The lowest BCUT2D eigenvalue weighted by molar-refractivity contribution is 0.101. The summed E-state index contributed by atoms with van der Waals surface area (Å²) in [5.41, 5.74) is 8.46. The first-order valence-corrected chi connectivity index (χ1v) is 9.50. The molecule has 0 spiro atoms. The van der Waals surface area contributed by atoms with Crippen molar-refractivity contribution in [2.75, 3.05) is 0 Å². The predicted molar refractivity (Wildman–Crippen MR) is 111 cm³/mol. The van der Waals surface area contributed by atoms with Crippen LogP contribution in [-0.2, 0) is 0 Å². The van der Waals surface area contributed by atoms with Crippen LogP contribution in [0.5, 0.6) is 0 Å². The summed E-state index contributed by atoms with van der Waals surface area (Å²) < 4.78 is 0. The number of allylic oxidation sites excluding steroid dienone is 14. The molecule has 4 aliphatic rings. The standard InChI is InChI=1S/C26H22O/c1-17(27)18-7-9-19(10-8-18)20-15-23-13-11-21-5-4-6-22-12-14-24(16-20)26(23,3)25(21,22)2/h4-16H,1-3H3. The Balaban J connectivity index is 1.69. The second kappa shape index (κ2) is 5.29. The molecule has 0 fully saturated rings. The van der Waals surface area contributed by atoms with Crippen LogP contribution in [0.2, 0.25) is 0 Å². The van der Waals surface area contributed by atoms with Gasteiger partial charge in [0.15, 0.2) is 5.78 Å². The lowest BCUT2D eigenvalue weighted by Gasteiger charge is -2.56. The molecule has 2 atom stereocenters. The van der Waals surface area contributed by atoms with Crippen molar-refractivity contribution in [3.8, 4) is 0 Å². The monoisotopic (exact) mass is 350 g/mol. The van der Waals surface area contributed by atoms with Crippen LogP contribution in [0.3, 0.4) is 0 Å². The summed E-state index contributed by atoms with van der Waals surface area (Å²) in [4.78, 5) is 11.6. The van der Waals surface area contributed by atoms with Crippen molar-refractivity contribution in [1.82, 2.24) is 0 Å². The van der Waals surface area contributed by atoms with Gasteiger partial charge in [0.2, 0.25) is 0 Å². The fourth-order valence-corrected chi connectivity index (χ4v) is 5.04. The van der Waals surface area contributed by atoms with Gasteiger partial charge in [0.1, 0.15) is 0 Å². The second-order valence-electron chi connectivity index (χ2n) is 8.14. The number of rotatable bonds is 2. The maximum absolute atomic E-state index is 11.6. The van der Waals surface area contributed by atoms with Crippen molar-refractivity contribution in [2.45, 2.75) is 20.8 Å². The SMILES string of the molecule is CC(=O)c1ccc(C2=CC3=CC=C4C=CC=C5C=CC(=C2)C3(C)C54C)cc1. The summed E-state index contributed by atoms with van der Waals surface area (Å²) in [7, 11) is 0. The number of ketones is 1. The van der Waals surface area contributed by atoms with E-state index in [0.717, 1.165) is 11.1 Å². The minimum Gasteiger partial charge on any atom is -0.295 e. The summed E-state index contributed by atoms with van der Waals surface area (Å²) >= 11 is 0. The molecular weight excluding hydrogens is 328 g/mol. The molecule has 27 heavy (non-hydrogen) atoms. The van der Waals surface area contributed by atoms with E-state index in [0.29, 0.717) is 0 Å². The van der Waals surface area contributed by atoms with Crippen molar-refractivity contribution in [3.63, 3.8) is 0 Å². The quantitative estimate of drug-likeness (QED) is 0.584. The number of carbonyl (C=O) groups excluding carboxylic acids is 1. The summed E-state index contributed by atoms with van der Waals surface area (Å²) in [6, 6.07) is 7.94. The predicted octanol–water partition coefficient (Wildman–Crippen LogP) is 6.16. The van der Waals surface area contributed by atoms with Gasteiger partial charge >= 0.3 is 0 Å². The van der Waals surface area contributed by atoms with Gasteiger partial charge in [-0.3, -0.25) is 4.79 Å². The molecule has 5 rings (SSSR count). The molecule has 0 bridgehead atoms. The number of hydrogen-bond donors (Lipinski definition) is 0. The largest absolute Gasteiger partial charge is 0.295 e. The molecule has 0 aromatic heterocycles. The smallest absolute Gasteiger partial charge is 0.159 e. The topological polar surface area (TPSA) is 17.1 Å². The van der Waals surface area contributed by atoms with Gasteiger partial charge < -0.3 is 0 Å². The maximum Gasteiger partial charge on any atom is 0.159 e. The zero-order valence-corrected chi connectivity index (χ0v) is 15.9. The van der Waals surface area contributed by atoms with Crippen LogP contribution in [-0.4, -0.2) is 5.78 Å². The number of Topliss-reactive ketones (excluding diaryl/α,β-unsaturated/α-hetero) is 1. The Kier molecular flexibility index (Phi) is 3.19. The summed E-state index contributed by atoms with van der Waals surface area (Å²) in [6.45, 7) is 6.36. The summed E-state index contributed by atoms with van der Waals surface area (Å²) in [5, 5.41) is 0. The van der Waals surface area contributed by atoms with E-state index in [1.807, 2.05) is 12.1 Å². The maximum atomic E-state index is 11.6. The van der Waals surface area contributed by atoms with E-state index in [1.54, 1.807) is 6.92 Å². The van der Waals surface area contributed by atoms with Crippen molar-refractivity contribution in [2.24, 2.45) is 10.8 Å². The lowest BCUT2D eigenvalue weighted by atomic mass is 9.46. The van der Waals surface area contributed by atoms with E-state index in [4.69, 9.17) is 0 Å². The van der Waals surface area contributed by atoms with Gasteiger partial charge in [-0.15, -0.1) is 0 Å². The Morgan fingerprint density at radius 2 is 1.37 bits per heavy atom. The molecule has 0 N–H and O–H groups in total. The van der Waals surface area contributed by atoms with E-state index in [2.05, 4.69) is 80.7 Å². The Bertz CT molecular complexity index is 1100. The fourth-order valence-electron chi connectivity index (χ4n) is 5.04. The van der Waals surface area contributed by atoms with Crippen LogP contribution in [0.25, 0.3) is 5.57 Å².